The van der Waals surface area contributed by atoms with Crippen molar-refractivity contribution < 1.29 is 4.74 Å². The third kappa shape index (κ3) is 4.23. The molecule has 0 saturated heterocycles. The van der Waals surface area contributed by atoms with Crippen LogP contribution in [0.1, 0.15) is 30.3 Å². The van der Waals surface area contributed by atoms with E-state index in [9.17, 15) is 0 Å². The van der Waals surface area contributed by atoms with Crippen LogP contribution < -0.4 is 10.1 Å². The first-order valence-electron chi connectivity index (χ1n) is 6.72. The summed E-state index contributed by atoms with van der Waals surface area (Å²) in [6, 6.07) is 13.0. The Morgan fingerprint density at radius 3 is 2.40 bits per heavy atom. The zero-order chi connectivity index (χ0) is 14.5. The summed E-state index contributed by atoms with van der Waals surface area (Å²) in [4.78, 5) is 1.27. The van der Waals surface area contributed by atoms with Crippen LogP contribution >= 0.6 is 22.9 Å². The maximum Gasteiger partial charge on any atom is 0.118 e. The normalized spacial score (nSPS) is 14.0. The molecule has 1 N–H and O–H groups in total. The van der Waals surface area contributed by atoms with Crippen molar-refractivity contribution >= 4 is 22.9 Å². The second-order valence-corrected chi connectivity index (χ2v) is 6.73. The molecule has 2 nitrogen and oxygen atoms in total. The predicted molar refractivity (Wildman–Crippen MR) is 87.0 cm³/mol. The molecule has 1 heterocycles. The standard InChI is InChI=1S/C16H20ClNOS/c1-11(10-13-4-6-14(19-3)7-5-13)18-12(2)15-8-9-16(17)20-15/h4-9,11-12,18H,10H2,1-3H3. The lowest BCUT2D eigenvalue weighted by atomic mass is 10.1. The van der Waals surface area contributed by atoms with Crippen molar-refractivity contribution in [1.29, 1.82) is 0 Å². The molecule has 2 rings (SSSR count). The van der Waals surface area contributed by atoms with Gasteiger partial charge < -0.3 is 10.1 Å². The first-order chi connectivity index (χ1) is 9.58. The molecule has 0 bridgehead atoms. The summed E-state index contributed by atoms with van der Waals surface area (Å²) in [5, 5.41) is 3.61. The maximum absolute atomic E-state index is 5.98. The molecule has 1 aromatic carbocycles. The minimum Gasteiger partial charge on any atom is -0.497 e. The average Bonchev–Trinajstić information content (AvgIpc) is 2.86. The summed E-state index contributed by atoms with van der Waals surface area (Å²) in [6.07, 6.45) is 0.993. The number of benzene rings is 1. The molecule has 0 aliphatic rings. The van der Waals surface area contributed by atoms with Crippen molar-refractivity contribution in [3.8, 4) is 5.75 Å². The Balaban J connectivity index is 1.89. The smallest absolute Gasteiger partial charge is 0.118 e. The van der Waals surface area contributed by atoms with E-state index in [2.05, 4.69) is 37.4 Å². The van der Waals surface area contributed by atoms with Crippen molar-refractivity contribution in [2.24, 2.45) is 0 Å². The van der Waals surface area contributed by atoms with Gasteiger partial charge in [-0.15, -0.1) is 11.3 Å². The van der Waals surface area contributed by atoms with E-state index in [1.165, 1.54) is 10.4 Å². The Morgan fingerprint density at radius 2 is 1.85 bits per heavy atom. The summed E-state index contributed by atoms with van der Waals surface area (Å²) >= 11 is 7.61. The van der Waals surface area contributed by atoms with Crippen LogP contribution in [0.3, 0.4) is 0 Å². The Morgan fingerprint density at radius 1 is 1.15 bits per heavy atom. The molecule has 2 unspecified atom stereocenters. The summed E-state index contributed by atoms with van der Waals surface area (Å²) < 4.78 is 6.02. The van der Waals surface area contributed by atoms with Crippen molar-refractivity contribution in [2.45, 2.75) is 32.4 Å². The van der Waals surface area contributed by atoms with Crippen molar-refractivity contribution in [2.75, 3.05) is 7.11 Å². The minimum atomic E-state index is 0.320. The number of hydrogen-bond acceptors (Lipinski definition) is 3. The van der Waals surface area contributed by atoms with Gasteiger partial charge >= 0.3 is 0 Å². The molecule has 2 atom stereocenters. The van der Waals surface area contributed by atoms with E-state index < -0.39 is 0 Å². The molecule has 4 heteroatoms. The predicted octanol–water partition coefficient (Wildman–Crippen LogP) is 4.69. The van der Waals surface area contributed by atoms with Crippen molar-refractivity contribution in [3.05, 3.63) is 51.2 Å². The van der Waals surface area contributed by atoms with Gasteiger partial charge in [-0.25, -0.2) is 0 Å². The molecule has 20 heavy (non-hydrogen) atoms. The Kier molecular flexibility index (Phi) is 5.46. The molecule has 108 valence electrons. The lowest BCUT2D eigenvalue weighted by Crippen LogP contribution is -2.30. The average molecular weight is 310 g/mol. The molecule has 0 aliphatic heterocycles. The summed E-state index contributed by atoms with van der Waals surface area (Å²) in [5.41, 5.74) is 1.31. The number of nitrogens with one attached hydrogen (secondary N) is 1. The van der Waals surface area contributed by atoms with Crippen LogP contribution in [0.4, 0.5) is 0 Å². The second kappa shape index (κ2) is 7.11. The Labute approximate surface area is 129 Å². The van der Waals surface area contributed by atoms with Gasteiger partial charge in [0.15, 0.2) is 0 Å². The van der Waals surface area contributed by atoms with Crippen molar-refractivity contribution in [1.82, 2.24) is 5.32 Å². The van der Waals surface area contributed by atoms with Crippen LogP contribution in [0, 0.1) is 0 Å². The van der Waals surface area contributed by atoms with Gasteiger partial charge in [0.05, 0.1) is 11.4 Å². The van der Waals surface area contributed by atoms with Gasteiger partial charge in [-0.05, 0) is 50.1 Å². The molecule has 1 aromatic heterocycles. The fourth-order valence-electron chi connectivity index (χ4n) is 2.24. The van der Waals surface area contributed by atoms with Gasteiger partial charge in [0.2, 0.25) is 0 Å². The largest absolute Gasteiger partial charge is 0.497 e. The van der Waals surface area contributed by atoms with Crippen LogP contribution in [0.5, 0.6) is 5.75 Å². The summed E-state index contributed by atoms with van der Waals surface area (Å²) in [7, 11) is 1.69. The number of methoxy groups -OCH3 is 1. The number of halogens is 1. The highest BCUT2D eigenvalue weighted by Crippen LogP contribution is 2.27. The highest BCUT2D eigenvalue weighted by atomic mass is 35.5. The summed E-state index contributed by atoms with van der Waals surface area (Å²) in [6.45, 7) is 4.38. The van der Waals surface area contributed by atoms with Gasteiger partial charge in [-0.3, -0.25) is 0 Å². The van der Waals surface area contributed by atoms with E-state index in [1.54, 1.807) is 18.4 Å². The van der Waals surface area contributed by atoms with Crippen LogP contribution in [-0.4, -0.2) is 13.2 Å². The summed E-state index contributed by atoms with van der Waals surface area (Å²) in [5.74, 6) is 0.899. The topological polar surface area (TPSA) is 21.3 Å². The van der Waals surface area contributed by atoms with E-state index in [1.807, 2.05) is 18.2 Å². The van der Waals surface area contributed by atoms with Gasteiger partial charge in [0, 0.05) is 17.0 Å². The third-order valence-corrected chi connectivity index (χ3v) is 4.67. The number of rotatable bonds is 6. The van der Waals surface area contributed by atoms with E-state index in [-0.39, 0.29) is 0 Å². The van der Waals surface area contributed by atoms with Crippen LogP contribution in [-0.2, 0) is 6.42 Å². The van der Waals surface area contributed by atoms with E-state index in [0.717, 1.165) is 16.5 Å². The fourth-order valence-corrected chi connectivity index (χ4v) is 3.32. The number of hydrogen-bond donors (Lipinski definition) is 1. The van der Waals surface area contributed by atoms with Crippen molar-refractivity contribution in [3.63, 3.8) is 0 Å². The first kappa shape index (κ1) is 15.4. The lowest BCUT2D eigenvalue weighted by molar-refractivity contribution is 0.414. The van der Waals surface area contributed by atoms with Gasteiger partial charge in [0.1, 0.15) is 5.75 Å². The molecule has 0 aliphatic carbocycles. The van der Waals surface area contributed by atoms with E-state index >= 15 is 0 Å². The highest BCUT2D eigenvalue weighted by molar-refractivity contribution is 7.16. The first-order valence-corrected chi connectivity index (χ1v) is 7.92. The van der Waals surface area contributed by atoms with E-state index in [4.69, 9.17) is 16.3 Å². The zero-order valence-electron chi connectivity index (χ0n) is 12.0. The molecule has 0 fully saturated rings. The molecular formula is C16H20ClNOS. The molecule has 0 amide bonds. The van der Waals surface area contributed by atoms with Crippen LogP contribution in [0.2, 0.25) is 4.34 Å². The SMILES string of the molecule is COc1ccc(CC(C)NC(C)c2ccc(Cl)s2)cc1. The zero-order valence-corrected chi connectivity index (χ0v) is 13.6. The molecule has 0 spiro atoms. The number of thiophene rings is 1. The van der Waals surface area contributed by atoms with E-state index in [0.29, 0.717) is 12.1 Å². The van der Waals surface area contributed by atoms with Crippen LogP contribution in [0.15, 0.2) is 36.4 Å². The quantitative estimate of drug-likeness (QED) is 0.835. The molecule has 0 saturated carbocycles. The molecular weight excluding hydrogens is 290 g/mol. The van der Waals surface area contributed by atoms with Gasteiger partial charge in [-0.2, -0.15) is 0 Å². The fraction of sp³-hybridized carbons (Fsp3) is 0.375. The van der Waals surface area contributed by atoms with Gasteiger partial charge in [-0.1, -0.05) is 23.7 Å². The minimum absolute atomic E-state index is 0.320. The Hall–Kier alpha value is -1.03. The highest BCUT2D eigenvalue weighted by Gasteiger charge is 2.12. The molecule has 2 aromatic rings. The number of ether oxygens (including phenoxy) is 1. The van der Waals surface area contributed by atoms with Gasteiger partial charge in [0.25, 0.3) is 0 Å². The Bertz CT molecular complexity index is 538. The third-order valence-electron chi connectivity index (χ3n) is 3.26. The second-order valence-electron chi connectivity index (χ2n) is 4.98. The monoisotopic (exact) mass is 309 g/mol. The van der Waals surface area contributed by atoms with Crippen LogP contribution in [0.25, 0.3) is 0 Å². The molecule has 0 radical (unpaired) electrons. The lowest BCUT2D eigenvalue weighted by Gasteiger charge is -2.19. The maximum atomic E-state index is 5.98.